The lowest BCUT2D eigenvalue weighted by molar-refractivity contribution is -0.185. The molecule has 0 saturated heterocycles. The summed E-state index contributed by atoms with van der Waals surface area (Å²) in [5.74, 6) is -0.806. The van der Waals surface area contributed by atoms with Gasteiger partial charge < -0.3 is 9.47 Å². The molecule has 146 valence electrons. The SMILES string of the molecule is COC(=O)Cc1ccc2c(I)c(OC3CCC(C(F)(F)F)CC3)ccc2c1. The van der Waals surface area contributed by atoms with Crippen LogP contribution in [0.4, 0.5) is 13.2 Å². The van der Waals surface area contributed by atoms with Crippen LogP contribution in [0.2, 0.25) is 0 Å². The van der Waals surface area contributed by atoms with E-state index in [-0.39, 0.29) is 31.3 Å². The second-order valence-corrected chi connectivity index (χ2v) is 7.90. The largest absolute Gasteiger partial charge is 0.489 e. The number of alkyl halides is 3. The highest BCUT2D eigenvalue weighted by atomic mass is 127. The van der Waals surface area contributed by atoms with Gasteiger partial charge in [-0.05, 0) is 70.7 Å². The van der Waals surface area contributed by atoms with Crippen molar-refractivity contribution in [3.8, 4) is 5.75 Å². The number of benzene rings is 2. The Kier molecular flexibility index (Phi) is 6.18. The summed E-state index contributed by atoms with van der Waals surface area (Å²) in [6, 6.07) is 9.51. The van der Waals surface area contributed by atoms with E-state index in [0.29, 0.717) is 18.6 Å². The van der Waals surface area contributed by atoms with Crippen molar-refractivity contribution in [3.63, 3.8) is 0 Å². The maximum Gasteiger partial charge on any atom is 0.391 e. The van der Waals surface area contributed by atoms with Crippen molar-refractivity contribution in [3.05, 3.63) is 39.5 Å². The van der Waals surface area contributed by atoms with Crippen LogP contribution in [0, 0.1) is 9.49 Å². The molecule has 0 aromatic heterocycles. The number of rotatable bonds is 4. The number of hydrogen-bond acceptors (Lipinski definition) is 3. The van der Waals surface area contributed by atoms with Gasteiger partial charge in [-0.3, -0.25) is 4.79 Å². The standard InChI is InChI=1S/C20H20F3IO3/c1-26-18(25)11-12-2-8-16-13(10-12)3-9-17(19(16)24)27-15-6-4-14(5-7-15)20(21,22)23/h2-3,8-10,14-15H,4-7,11H2,1H3. The number of methoxy groups -OCH3 is 1. The van der Waals surface area contributed by atoms with Gasteiger partial charge in [-0.1, -0.05) is 24.3 Å². The van der Waals surface area contributed by atoms with Crippen LogP contribution < -0.4 is 4.74 Å². The summed E-state index contributed by atoms with van der Waals surface area (Å²) in [5.41, 5.74) is 0.865. The summed E-state index contributed by atoms with van der Waals surface area (Å²) in [5, 5.41) is 1.97. The number of hydrogen-bond donors (Lipinski definition) is 0. The van der Waals surface area contributed by atoms with Crippen molar-refractivity contribution < 1.29 is 27.4 Å². The lowest BCUT2D eigenvalue weighted by Crippen LogP contribution is -2.32. The Bertz CT molecular complexity index is 827. The second-order valence-electron chi connectivity index (χ2n) is 6.82. The average molecular weight is 492 g/mol. The van der Waals surface area contributed by atoms with Gasteiger partial charge in [0.05, 0.1) is 29.1 Å². The first-order chi connectivity index (χ1) is 12.8. The van der Waals surface area contributed by atoms with Crippen molar-refractivity contribution in [1.82, 2.24) is 0 Å². The molecule has 0 amide bonds. The van der Waals surface area contributed by atoms with Crippen LogP contribution >= 0.6 is 22.6 Å². The maximum absolute atomic E-state index is 12.8. The van der Waals surface area contributed by atoms with Gasteiger partial charge in [0.2, 0.25) is 0 Å². The third-order valence-corrected chi connectivity index (χ3v) is 6.10. The van der Waals surface area contributed by atoms with E-state index in [2.05, 4.69) is 22.6 Å². The molecule has 7 heteroatoms. The molecule has 3 nitrogen and oxygen atoms in total. The molecule has 2 aromatic rings. The highest BCUT2D eigenvalue weighted by Gasteiger charge is 2.41. The zero-order chi connectivity index (χ0) is 19.6. The van der Waals surface area contributed by atoms with Gasteiger partial charge in [-0.25, -0.2) is 0 Å². The van der Waals surface area contributed by atoms with Crippen molar-refractivity contribution in [2.75, 3.05) is 7.11 Å². The van der Waals surface area contributed by atoms with Gasteiger partial charge in [0, 0.05) is 0 Å². The Balaban J connectivity index is 1.72. The minimum absolute atomic E-state index is 0.120. The van der Waals surface area contributed by atoms with Crippen LogP contribution in [-0.2, 0) is 16.0 Å². The topological polar surface area (TPSA) is 35.5 Å². The first-order valence-corrected chi connectivity index (χ1v) is 9.87. The van der Waals surface area contributed by atoms with Crippen molar-refractivity contribution >= 4 is 39.3 Å². The van der Waals surface area contributed by atoms with Gasteiger partial charge in [0.1, 0.15) is 5.75 Å². The lowest BCUT2D eigenvalue weighted by Gasteiger charge is -2.30. The summed E-state index contributed by atoms with van der Waals surface area (Å²) >= 11 is 2.20. The first-order valence-electron chi connectivity index (χ1n) is 8.79. The van der Waals surface area contributed by atoms with Gasteiger partial charge >= 0.3 is 12.1 Å². The first kappa shape index (κ1) is 20.2. The molecule has 1 aliphatic carbocycles. The number of fused-ring (bicyclic) bond motifs is 1. The number of carbonyl (C=O) groups is 1. The molecular weight excluding hydrogens is 472 g/mol. The maximum atomic E-state index is 12.8. The molecule has 0 radical (unpaired) electrons. The van der Waals surface area contributed by atoms with Crippen molar-refractivity contribution in [2.24, 2.45) is 5.92 Å². The van der Waals surface area contributed by atoms with E-state index in [1.165, 1.54) is 7.11 Å². The molecular formula is C20H20F3IO3. The van der Waals surface area contributed by atoms with E-state index in [9.17, 15) is 18.0 Å². The monoisotopic (exact) mass is 492 g/mol. The molecule has 0 N–H and O–H groups in total. The average Bonchev–Trinajstić information content (AvgIpc) is 2.63. The van der Waals surface area contributed by atoms with Crippen molar-refractivity contribution in [1.29, 1.82) is 0 Å². The zero-order valence-electron chi connectivity index (χ0n) is 14.8. The molecule has 1 aliphatic rings. The van der Waals surface area contributed by atoms with Gasteiger partial charge in [0.15, 0.2) is 0 Å². The summed E-state index contributed by atoms with van der Waals surface area (Å²) in [7, 11) is 1.36. The van der Waals surface area contributed by atoms with Gasteiger partial charge in [-0.15, -0.1) is 0 Å². The van der Waals surface area contributed by atoms with E-state index in [1.54, 1.807) is 0 Å². The summed E-state index contributed by atoms with van der Waals surface area (Å²) in [6.07, 6.45) is -3.02. The molecule has 3 rings (SSSR count). The summed E-state index contributed by atoms with van der Waals surface area (Å²) in [6.45, 7) is 0. The highest BCUT2D eigenvalue weighted by molar-refractivity contribution is 14.1. The summed E-state index contributed by atoms with van der Waals surface area (Å²) in [4.78, 5) is 11.4. The molecule has 2 aromatic carbocycles. The number of carbonyl (C=O) groups excluding carboxylic acids is 1. The van der Waals surface area contributed by atoms with Gasteiger partial charge in [-0.2, -0.15) is 13.2 Å². The fraction of sp³-hybridized carbons (Fsp3) is 0.450. The predicted molar refractivity (Wildman–Crippen MR) is 105 cm³/mol. The minimum Gasteiger partial charge on any atom is -0.489 e. The Morgan fingerprint density at radius 2 is 1.85 bits per heavy atom. The van der Waals surface area contributed by atoms with Crippen molar-refractivity contribution in [2.45, 2.75) is 44.4 Å². The fourth-order valence-corrected chi connectivity index (χ4v) is 4.25. The fourth-order valence-electron chi connectivity index (χ4n) is 3.45. The molecule has 0 atom stereocenters. The molecule has 0 heterocycles. The molecule has 0 unspecified atom stereocenters. The van der Waals surface area contributed by atoms with Gasteiger partial charge in [0.25, 0.3) is 0 Å². The molecule has 1 fully saturated rings. The van der Waals surface area contributed by atoms with E-state index < -0.39 is 12.1 Å². The quantitative estimate of drug-likeness (QED) is 0.408. The van der Waals surface area contributed by atoms with Crippen LogP contribution in [-0.4, -0.2) is 25.4 Å². The Hall–Kier alpha value is -1.51. The Morgan fingerprint density at radius 3 is 2.48 bits per heavy atom. The van der Waals surface area contributed by atoms with E-state index >= 15 is 0 Å². The zero-order valence-corrected chi connectivity index (χ0v) is 17.0. The number of ether oxygens (including phenoxy) is 2. The Labute approximate surface area is 169 Å². The van der Waals surface area contributed by atoms with Crippen LogP contribution in [0.3, 0.4) is 0 Å². The molecule has 0 spiro atoms. The molecule has 0 aliphatic heterocycles. The normalized spacial score (nSPS) is 20.5. The minimum atomic E-state index is -4.11. The smallest absolute Gasteiger partial charge is 0.391 e. The predicted octanol–water partition coefficient (Wildman–Crippen LogP) is 5.66. The highest BCUT2D eigenvalue weighted by Crippen LogP contribution is 2.39. The molecule has 0 bridgehead atoms. The van der Waals surface area contributed by atoms with E-state index in [1.807, 2.05) is 30.3 Å². The van der Waals surface area contributed by atoms with Crippen LogP contribution in [0.25, 0.3) is 10.8 Å². The van der Waals surface area contributed by atoms with E-state index in [0.717, 1.165) is 19.9 Å². The lowest BCUT2D eigenvalue weighted by atomic mass is 9.87. The number of halogens is 4. The van der Waals surface area contributed by atoms with Crippen LogP contribution in [0.5, 0.6) is 5.75 Å². The third kappa shape index (κ3) is 4.86. The number of esters is 1. The van der Waals surface area contributed by atoms with E-state index in [4.69, 9.17) is 9.47 Å². The Morgan fingerprint density at radius 1 is 1.15 bits per heavy atom. The van der Waals surface area contributed by atoms with Crippen LogP contribution in [0.1, 0.15) is 31.2 Å². The molecule has 1 saturated carbocycles. The molecule has 27 heavy (non-hydrogen) atoms. The second kappa shape index (κ2) is 8.24. The summed E-state index contributed by atoms with van der Waals surface area (Å²) < 4.78 is 50.0. The third-order valence-electron chi connectivity index (χ3n) is 4.99. The van der Waals surface area contributed by atoms with Crippen LogP contribution in [0.15, 0.2) is 30.3 Å².